The van der Waals surface area contributed by atoms with E-state index in [1.54, 1.807) is 37.4 Å². The number of hydrogen-bond donors (Lipinski definition) is 1. The van der Waals surface area contributed by atoms with Gasteiger partial charge in [0.05, 0.1) is 24.6 Å². The third kappa shape index (κ3) is 3.35. The maximum Gasteiger partial charge on any atom is 0.230 e. The fraction of sp³-hybridized carbons (Fsp3) is 0.200. The molecule has 2 heterocycles. The number of halogens is 2. The van der Waals surface area contributed by atoms with Gasteiger partial charge in [-0.3, -0.25) is 0 Å². The molecule has 0 aliphatic rings. The number of ether oxygens (including phenoxy) is 3. The maximum atomic E-state index is 14.9. The highest BCUT2D eigenvalue weighted by Gasteiger charge is 2.16. The number of nitrogens with zero attached hydrogens (tertiary/aromatic N) is 2. The standard InChI is InChI=1S/C20H17BrFN3O3/c1-11-7-12-14(25-11)3-4-16(19(12)22)28-20-13-8-17(26-2)18(27-6-5-21)9-15(13)23-10-24-20/h3-4,7-10,25H,5-6H2,1-2H3. The van der Waals surface area contributed by atoms with Crippen molar-refractivity contribution in [3.63, 3.8) is 0 Å². The minimum absolute atomic E-state index is 0.0880. The molecule has 28 heavy (non-hydrogen) atoms. The highest BCUT2D eigenvalue weighted by Crippen LogP contribution is 2.37. The molecule has 144 valence electrons. The lowest BCUT2D eigenvalue weighted by Crippen LogP contribution is -2.01. The predicted molar refractivity (Wildman–Crippen MR) is 108 cm³/mol. The third-order valence-corrected chi connectivity index (χ3v) is 4.59. The Bertz CT molecular complexity index is 1160. The van der Waals surface area contributed by atoms with Crippen LogP contribution < -0.4 is 14.2 Å². The largest absolute Gasteiger partial charge is 0.493 e. The van der Waals surface area contributed by atoms with Gasteiger partial charge in [-0.2, -0.15) is 0 Å². The molecule has 0 aliphatic carbocycles. The summed E-state index contributed by atoms with van der Waals surface area (Å²) in [6.45, 7) is 2.36. The molecule has 4 rings (SSSR count). The van der Waals surface area contributed by atoms with Crippen LogP contribution >= 0.6 is 15.9 Å². The molecular formula is C20H17BrFN3O3. The van der Waals surface area contributed by atoms with Gasteiger partial charge in [0.2, 0.25) is 5.88 Å². The lowest BCUT2D eigenvalue weighted by Gasteiger charge is -2.13. The lowest BCUT2D eigenvalue weighted by atomic mass is 10.2. The van der Waals surface area contributed by atoms with Crippen LogP contribution in [0.2, 0.25) is 0 Å². The van der Waals surface area contributed by atoms with Gasteiger partial charge in [0, 0.05) is 28.0 Å². The second kappa shape index (κ2) is 7.63. The van der Waals surface area contributed by atoms with Crippen molar-refractivity contribution >= 4 is 37.7 Å². The molecule has 0 amide bonds. The first-order valence-corrected chi connectivity index (χ1v) is 9.70. The van der Waals surface area contributed by atoms with Crippen LogP contribution in [0.4, 0.5) is 4.39 Å². The Kier molecular flexibility index (Phi) is 5.04. The normalized spacial score (nSPS) is 11.1. The molecule has 6 nitrogen and oxygen atoms in total. The summed E-state index contributed by atoms with van der Waals surface area (Å²) >= 11 is 3.33. The van der Waals surface area contributed by atoms with Crippen LogP contribution in [0.25, 0.3) is 21.8 Å². The van der Waals surface area contributed by atoms with Gasteiger partial charge in [-0.15, -0.1) is 0 Å². The first-order valence-electron chi connectivity index (χ1n) is 8.58. The Morgan fingerprint density at radius 3 is 2.71 bits per heavy atom. The van der Waals surface area contributed by atoms with E-state index in [1.807, 2.05) is 6.92 Å². The zero-order valence-electron chi connectivity index (χ0n) is 15.3. The Morgan fingerprint density at radius 1 is 1.07 bits per heavy atom. The zero-order valence-corrected chi connectivity index (χ0v) is 16.8. The molecule has 0 spiro atoms. The van der Waals surface area contributed by atoms with E-state index >= 15 is 0 Å². The van der Waals surface area contributed by atoms with Gasteiger partial charge in [-0.1, -0.05) is 15.9 Å². The van der Waals surface area contributed by atoms with E-state index < -0.39 is 5.82 Å². The molecule has 2 aromatic heterocycles. The summed E-state index contributed by atoms with van der Waals surface area (Å²) in [4.78, 5) is 11.6. The number of rotatable bonds is 6. The second-order valence-corrected chi connectivity index (χ2v) is 6.92. The van der Waals surface area contributed by atoms with Crippen LogP contribution in [0.15, 0.2) is 36.7 Å². The van der Waals surface area contributed by atoms with Gasteiger partial charge in [-0.05, 0) is 31.2 Å². The molecule has 4 aromatic rings. The van der Waals surface area contributed by atoms with Crippen LogP contribution in [0.5, 0.6) is 23.1 Å². The monoisotopic (exact) mass is 445 g/mol. The zero-order chi connectivity index (χ0) is 19.7. The number of H-pyrrole nitrogens is 1. The van der Waals surface area contributed by atoms with E-state index in [4.69, 9.17) is 14.2 Å². The molecule has 0 bridgehead atoms. The summed E-state index contributed by atoms with van der Waals surface area (Å²) in [5.41, 5.74) is 2.19. The number of hydrogen-bond acceptors (Lipinski definition) is 5. The Labute approximate surface area is 168 Å². The number of aromatic nitrogens is 3. The van der Waals surface area contributed by atoms with Gasteiger partial charge in [0.1, 0.15) is 6.33 Å². The summed E-state index contributed by atoms with van der Waals surface area (Å²) < 4.78 is 31.8. The number of benzene rings is 2. The summed E-state index contributed by atoms with van der Waals surface area (Å²) in [7, 11) is 1.55. The first-order chi connectivity index (χ1) is 13.6. The fourth-order valence-electron chi connectivity index (χ4n) is 3.01. The highest BCUT2D eigenvalue weighted by atomic mass is 79.9. The molecule has 0 atom stereocenters. The molecule has 0 aliphatic heterocycles. The van der Waals surface area contributed by atoms with Crippen molar-refractivity contribution in [2.24, 2.45) is 0 Å². The summed E-state index contributed by atoms with van der Waals surface area (Å²) in [6, 6.07) is 8.57. The van der Waals surface area contributed by atoms with Gasteiger partial charge in [0.25, 0.3) is 0 Å². The van der Waals surface area contributed by atoms with Crippen molar-refractivity contribution in [2.45, 2.75) is 6.92 Å². The van der Waals surface area contributed by atoms with Gasteiger partial charge in [0.15, 0.2) is 23.1 Å². The maximum absolute atomic E-state index is 14.9. The van der Waals surface area contributed by atoms with E-state index in [-0.39, 0.29) is 11.6 Å². The van der Waals surface area contributed by atoms with Crippen molar-refractivity contribution in [1.29, 1.82) is 0 Å². The van der Waals surface area contributed by atoms with E-state index in [1.165, 1.54) is 6.33 Å². The van der Waals surface area contributed by atoms with Crippen LogP contribution in [-0.2, 0) is 0 Å². The number of aryl methyl sites for hydroxylation is 1. The minimum Gasteiger partial charge on any atom is -0.493 e. The second-order valence-electron chi connectivity index (χ2n) is 6.13. The first kappa shape index (κ1) is 18.5. The van der Waals surface area contributed by atoms with Crippen LogP contribution in [0, 0.1) is 12.7 Å². The van der Waals surface area contributed by atoms with Crippen molar-refractivity contribution in [1.82, 2.24) is 15.0 Å². The molecular weight excluding hydrogens is 429 g/mol. The van der Waals surface area contributed by atoms with Gasteiger partial charge >= 0.3 is 0 Å². The number of nitrogens with one attached hydrogen (secondary N) is 1. The SMILES string of the molecule is COc1cc2c(Oc3ccc4[nH]c(C)cc4c3F)ncnc2cc1OCCBr. The van der Waals surface area contributed by atoms with E-state index in [9.17, 15) is 4.39 Å². The summed E-state index contributed by atoms with van der Waals surface area (Å²) in [5.74, 6) is 0.962. The van der Waals surface area contributed by atoms with E-state index in [0.29, 0.717) is 45.2 Å². The molecule has 0 unspecified atom stereocenters. The summed E-state index contributed by atoms with van der Waals surface area (Å²) in [5, 5.41) is 1.75. The van der Waals surface area contributed by atoms with Crippen LogP contribution in [-0.4, -0.2) is 34.0 Å². The lowest BCUT2D eigenvalue weighted by molar-refractivity contribution is 0.315. The number of methoxy groups -OCH3 is 1. The number of fused-ring (bicyclic) bond motifs is 2. The van der Waals surface area contributed by atoms with Crippen LogP contribution in [0.1, 0.15) is 5.69 Å². The topological polar surface area (TPSA) is 69.3 Å². The predicted octanol–water partition coefficient (Wildman–Crippen LogP) is 5.13. The van der Waals surface area contributed by atoms with Gasteiger partial charge < -0.3 is 19.2 Å². The Balaban J connectivity index is 1.77. The number of alkyl halides is 1. The van der Waals surface area contributed by atoms with E-state index in [0.717, 1.165) is 5.69 Å². The molecule has 0 saturated carbocycles. The third-order valence-electron chi connectivity index (χ3n) is 4.26. The van der Waals surface area contributed by atoms with Crippen molar-refractivity contribution in [3.8, 4) is 23.1 Å². The quantitative estimate of drug-likeness (QED) is 0.416. The van der Waals surface area contributed by atoms with Crippen LogP contribution in [0.3, 0.4) is 0 Å². The average Bonchev–Trinajstić information content (AvgIpc) is 3.09. The molecule has 0 saturated heterocycles. The Morgan fingerprint density at radius 2 is 1.93 bits per heavy atom. The molecule has 1 N–H and O–H groups in total. The van der Waals surface area contributed by atoms with Crippen molar-refractivity contribution in [3.05, 3.63) is 48.2 Å². The number of aromatic amines is 1. The molecule has 0 fully saturated rings. The Hall–Kier alpha value is -2.87. The highest BCUT2D eigenvalue weighted by molar-refractivity contribution is 9.09. The van der Waals surface area contributed by atoms with Gasteiger partial charge in [-0.25, -0.2) is 14.4 Å². The van der Waals surface area contributed by atoms with Crippen molar-refractivity contribution < 1.29 is 18.6 Å². The average molecular weight is 446 g/mol. The smallest absolute Gasteiger partial charge is 0.230 e. The van der Waals surface area contributed by atoms with Crippen molar-refractivity contribution in [2.75, 3.05) is 19.0 Å². The minimum atomic E-state index is -0.446. The molecule has 2 aromatic carbocycles. The summed E-state index contributed by atoms with van der Waals surface area (Å²) in [6.07, 6.45) is 1.37. The van der Waals surface area contributed by atoms with E-state index in [2.05, 4.69) is 30.9 Å². The molecule has 8 heteroatoms. The fourth-order valence-corrected chi connectivity index (χ4v) is 3.18. The molecule has 0 radical (unpaired) electrons.